The maximum atomic E-state index is 11.7. The Morgan fingerprint density at radius 3 is 2.45 bits per heavy atom. The monoisotopic (exact) mass is 298 g/mol. The van der Waals surface area contributed by atoms with Gasteiger partial charge in [0.05, 0.1) is 16.3 Å². The highest BCUT2D eigenvalue weighted by molar-refractivity contribution is 6.34. The molecule has 1 rings (SSSR count). The third kappa shape index (κ3) is 4.74. The molecule has 0 radical (unpaired) electrons. The van der Waals surface area contributed by atoms with Crippen molar-refractivity contribution in [3.8, 4) is 0 Å². The topological polar surface area (TPSA) is 78.4 Å². The van der Waals surface area contributed by atoms with Crippen LogP contribution in [0.5, 0.6) is 0 Å². The molecule has 0 aliphatic heterocycles. The molecule has 2 amide bonds. The summed E-state index contributed by atoms with van der Waals surface area (Å²) in [6, 6.07) is 3.83. The summed E-state index contributed by atoms with van der Waals surface area (Å²) >= 11 is 5.93. The van der Waals surface area contributed by atoms with Crippen molar-refractivity contribution in [1.82, 2.24) is 5.32 Å². The lowest BCUT2D eigenvalue weighted by Crippen LogP contribution is -2.32. The Balaban J connectivity index is 2.60. The lowest BCUT2D eigenvalue weighted by Gasteiger charge is -2.14. The van der Waals surface area contributed by atoms with Gasteiger partial charge in [0.25, 0.3) is 0 Å². The first kappa shape index (κ1) is 16.3. The molecule has 1 aromatic rings. The molecule has 0 atom stereocenters. The predicted octanol–water partition coefficient (Wildman–Crippen LogP) is 3.60. The van der Waals surface area contributed by atoms with E-state index in [0.717, 1.165) is 12.8 Å². The number of aromatic carboxylic acids is 1. The lowest BCUT2D eigenvalue weighted by atomic mass is 10.0. The van der Waals surface area contributed by atoms with Crippen molar-refractivity contribution in [3.05, 3.63) is 28.8 Å². The summed E-state index contributed by atoms with van der Waals surface area (Å²) in [4.78, 5) is 22.5. The zero-order chi connectivity index (χ0) is 15.1. The number of benzene rings is 1. The molecule has 0 aliphatic carbocycles. The number of anilines is 1. The largest absolute Gasteiger partial charge is 0.478 e. The minimum Gasteiger partial charge on any atom is -0.478 e. The Bertz CT molecular complexity index is 487. The number of amides is 2. The molecule has 0 heterocycles. The number of carbonyl (C=O) groups is 2. The van der Waals surface area contributed by atoms with Crippen LogP contribution in [0.2, 0.25) is 5.02 Å². The van der Waals surface area contributed by atoms with E-state index in [-0.39, 0.29) is 16.6 Å². The summed E-state index contributed by atoms with van der Waals surface area (Å²) in [5.74, 6) is -0.609. The van der Waals surface area contributed by atoms with Crippen LogP contribution < -0.4 is 10.6 Å². The fourth-order valence-corrected chi connectivity index (χ4v) is 1.96. The van der Waals surface area contributed by atoms with Gasteiger partial charge in [-0.3, -0.25) is 0 Å². The Hall–Kier alpha value is -1.75. The van der Waals surface area contributed by atoms with E-state index in [0.29, 0.717) is 18.2 Å². The number of hydrogen-bond acceptors (Lipinski definition) is 2. The maximum Gasteiger partial charge on any atom is 0.335 e. The van der Waals surface area contributed by atoms with E-state index < -0.39 is 5.97 Å². The Morgan fingerprint density at radius 2 is 1.95 bits per heavy atom. The molecule has 0 spiro atoms. The molecular weight excluding hydrogens is 280 g/mol. The SMILES string of the molecule is CCC(CC)CNC(=O)Nc1ccc(C(=O)O)cc1Cl. The molecule has 20 heavy (non-hydrogen) atoms. The minimum absolute atomic E-state index is 0.0815. The van der Waals surface area contributed by atoms with Gasteiger partial charge in [-0.15, -0.1) is 0 Å². The molecule has 6 heteroatoms. The van der Waals surface area contributed by atoms with E-state index in [1.807, 2.05) is 0 Å². The number of carbonyl (C=O) groups excluding carboxylic acids is 1. The summed E-state index contributed by atoms with van der Waals surface area (Å²) in [5, 5.41) is 14.4. The van der Waals surface area contributed by atoms with E-state index >= 15 is 0 Å². The van der Waals surface area contributed by atoms with E-state index in [1.165, 1.54) is 18.2 Å². The van der Waals surface area contributed by atoms with Crippen molar-refractivity contribution in [1.29, 1.82) is 0 Å². The van der Waals surface area contributed by atoms with E-state index in [2.05, 4.69) is 24.5 Å². The number of nitrogens with one attached hydrogen (secondary N) is 2. The second kappa shape index (κ2) is 7.75. The van der Waals surface area contributed by atoms with Crippen molar-refractivity contribution >= 4 is 29.3 Å². The first-order valence-corrected chi connectivity index (χ1v) is 6.93. The minimum atomic E-state index is -1.06. The highest BCUT2D eigenvalue weighted by Gasteiger charge is 2.10. The highest BCUT2D eigenvalue weighted by atomic mass is 35.5. The van der Waals surface area contributed by atoms with Gasteiger partial charge < -0.3 is 15.7 Å². The van der Waals surface area contributed by atoms with Crippen LogP contribution in [0.3, 0.4) is 0 Å². The zero-order valence-electron chi connectivity index (χ0n) is 11.6. The quantitative estimate of drug-likeness (QED) is 0.751. The Morgan fingerprint density at radius 1 is 1.30 bits per heavy atom. The van der Waals surface area contributed by atoms with Gasteiger partial charge in [-0.25, -0.2) is 9.59 Å². The summed E-state index contributed by atoms with van der Waals surface area (Å²) in [6.07, 6.45) is 2.01. The fraction of sp³-hybridized carbons (Fsp3) is 0.429. The molecule has 0 aromatic heterocycles. The number of urea groups is 1. The van der Waals surface area contributed by atoms with Crippen LogP contribution in [0.4, 0.5) is 10.5 Å². The molecule has 5 nitrogen and oxygen atoms in total. The van der Waals surface area contributed by atoms with Gasteiger partial charge in [0.15, 0.2) is 0 Å². The molecule has 0 saturated heterocycles. The number of halogens is 1. The Kier molecular flexibility index (Phi) is 6.31. The van der Waals surface area contributed by atoms with Crippen LogP contribution in [0.25, 0.3) is 0 Å². The predicted molar refractivity (Wildman–Crippen MR) is 79.5 cm³/mol. The smallest absolute Gasteiger partial charge is 0.335 e. The summed E-state index contributed by atoms with van der Waals surface area (Å²) in [5.41, 5.74) is 0.469. The van der Waals surface area contributed by atoms with E-state index in [1.54, 1.807) is 0 Å². The molecule has 0 saturated carbocycles. The molecule has 0 bridgehead atoms. The number of hydrogen-bond donors (Lipinski definition) is 3. The van der Waals surface area contributed by atoms with Gasteiger partial charge in [-0.2, -0.15) is 0 Å². The fourth-order valence-electron chi connectivity index (χ4n) is 1.73. The lowest BCUT2D eigenvalue weighted by molar-refractivity contribution is 0.0697. The summed E-state index contributed by atoms with van der Waals surface area (Å²) in [6.45, 7) is 4.76. The van der Waals surface area contributed by atoms with Gasteiger partial charge in [0.2, 0.25) is 0 Å². The van der Waals surface area contributed by atoms with Crippen LogP contribution in [-0.4, -0.2) is 23.7 Å². The molecular formula is C14H19ClN2O3. The van der Waals surface area contributed by atoms with Crippen LogP contribution in [0, 0.1) is 5.92 Å². The standard InChI is InChI=1S/C14H19ClN2O3/c1-3-9(4-2)8-16-14(20)17-12-6-5-10(13(18)19)7-11(12)15/h5-7,9H,3-4,8H2,1-2H3,(H,18,19)(H2,16,17,20). The van der Waals surface area contributed by atoms with Gasteiger partial charge in [0, 0.05) is 6.54 Å². The van der Waals surface area contributed by atoms with E-state index in [4.69, 9.17) is 16.7 Å². The normalized spacial score (nSPS) is 10.4. The van der Waals surface area contributed by atoms with Crippen LogP contribution >= 0.6 is 11.6 Å². The molecule has 0 unspecified atom stereocenters. The number of carboxylic acids is 1. The van der Waals surface area contributed by atoms with Crippen LogP contribution in [0.1, 0.15) is 37.0 Å². The average Bonchev–Trinajstić information content (AvgIpc) is 2.42. The second-order valence-electron chi connectivity index (χ2n) is 4.52. The zero-order valence-corrected chi connectivity index (χ0v) is 12.3. The summed E-state index contributed by atoms with van der Waals surface area (Å²) in [7, 11) is 0. The van der Waals surface area contributed by atoms with Crippen molar-refractivity contribution in [2.45, 2.75) is 26.7 Å². The highest BCUT2D eigenvalue weighted by Crippen LogP contribution is 2.23. The third-order valence-electron chi connectivity index (χ3n) is 3.17. The van der Waals surface area contributed by atoms with Crippen LogP contribution in [-0.2, 0) is 0 Å². The molecule has 0 fully saturated rings. The van der Waals surface area contributed by atoms with Crippen LogP contribution in [0.15, 0.2) is 18.2 Å². The van der Waals surface area contributed by atoms with Crippen molar-refractivity contribution < 1.29 is 14.7 Å². The second-order valence-corrected chi connectivity index (χ2v) is 4.92. The van der Waals surface area contributed by atoms with Gasteiger partial charge in [0.1, 0.15) is 0 Å². The number of carboxylic acid groups (broad SMARTS) is 1. The summed E-state index contributed by atoms with van der Waals surface area (Å²) < 4.78 is 0. The average molecular weight is 299 g/mol. The number of rotatable bonds is 6. The van der Waals surface area contributed by atoms with Gasteiger partial charge >= 0.3 is 12.0 Å². The molecule has 3 N–H and O–H groups in total. The Labute approximate surface area is 123 Å². The molecule has 0 aliphatic rings. The molecule has 110 valence electrons. The van der Waals surface area contributed by atoms with Crippen molar-refractivity contribution in [3.63, 3.8) is 0 Å². The van der Waals surface area contributed by atoms with Gasteiger partial charge in [-0.05, 0) is 24.1 Å². The van der Waals surface area contributed by atoms with Crippen molar-refractivity contribution in [2.75, 3.05) is 11.9 Å². The third-order valence-corrected chi connectivity index (χ3v) is 3.48. The maximum absolute atomic E-state index is 11.7. The molecule has 1 aromatic carbocycles. The van der Waals surface area contributed by atoms with Crippen molar-refractivity contribution in [2.24, 2.45) is 5.92 Å². The first-order chi connectivity index (χ1) is 9.47. The van der Waals surface area contributed by atoms with Gasteiger partial charge in [-0.1, -0.05) is 38.3 Å². The van der Waals surface area contributed by atoms with E-state index in [9.17, 15) is 9.59 Å². The first-order valence-electron chi connectivity index (χ1n) is 6.55.